The molecule has 3 aromatic carbocycles. The molecule has 0 unspecified atom stereocenters. The zero-order valence-corrected chi connectivity index (χ0v) is 17.5. The fraction of sp³-hybridized carbons (Fsp3) is 0.0476. The minimum Gasteiger partial charge on any atom is -0.507 e. The maximum atomic E-state index is 12.0. The highest BCUT2D eigenvalue weighted by atomic mass is 127. The largest absolute Gasteiger partial charge is 0.507 e. The van der Waals surface area contributed by atoms with Crippen LogP contribution >= 0.6 is 34.4 Å². The summed E-state index contributed by atoms with van der Waals surface area (Å²) in [6.45, 7) is 2.07. The molecular weight excluding hydrogens is 471 g/mol. The number of phenolic OH excluding ortho intramolecular Hbond substituents is 1. The third-order valence-electron chi connectivity index (χ3n) is 3.72. The highest BCUT2D eigenvalue weighted by Crippen LogP contribution is 2.27. The van der Waals surface area contributed by atoms with E-state index in [1.165, 1.54) is 16.5 Å². The maximum Gasteiger partial charge on any atom is 0.271 e. The second-order valence-corrected chi connectivity index (χ2v) is 8.16. The van der Waals surface area contributed by atoms with Gasteiger partial charge in [0.1, 0.15) is 5.75 Å². The van der Waals surface area contributed by atoms with Crippen molar-refractivity contribution in [3.05, 3.63) is 87.0 Å². The molecule has 0 atom stereocenters. The summed E-state index contributed by atoms with van der Waals surface area (Å²) in [6.07, 6.45) is 1.59. The molecule has 0 fully saturated rings. The summed E-state index contributed by atoms with van der Waals surface area (Å²) in [5, 5.41) is 13.6. The lowest BCUT2D eigenvalue weighted by Gasteiger charge is -2.03. The SMILES string of the molecule is Cc1ccc(Sc2ccc(/C=N\NC(=O)c3ccc(I)c(O)c3)cc2)cc1. The van der Waals surface area contributed by atoms with Crippen LogP contribution in [0.15, 0.2) is 81.6 Å². The number of hydrogen-bond acceptors (Lipinski definition) is 4. The fourth-order valence-corrected chi connectivity index (χ4v) is 3.40. The van der Waals surface area contributed by atoms with Crippen LogP contribution < -0.4 is 5.43 Å². The summed E-state index contributed by atoms with van der Waals surface area (Å²) in [5.74, 6) is -0.293. The molecule has 1 amide bonds. The second-order valence-electron chi connectivity index (χ2n) is 5.85. The smallest absolute Gasteiger partial charge is 0.271 e. The van der Waals surface area contributed by atoms with Gasteiger partial charge in [-0.3, -0.25) is 4.79 Å². The minimum absolute atomic E-state index is 0.0777. The molecule has 0 aromatic heterocycles. The lowest BCUT2D eigenvalue weighted by atomic mass is 10.2. The normalized spacial score (nSPS) is 10.9. The Kier molecular flexibility index (Phi) is 6.52. The van der Waals surface area contributed by atoms with Crippen LogP contribution in [-0.2, 0) is 0 Å². The quantitative estimate of drug-likeness (QED) is 0.294. The average Bonchev–Trinajstić information content (AvgIpc) is 2.67. The van der Waals surface area contributed by atoms with E-state index in [0.29, 0.717) is 9.13 Å². The van der Waals surface area contributed by atoms with Gasteiger partial charge in [-0.05, 0) is 77.5 Å². The first-order valence-electron chi connectivity index (χ1n) is 8.18. The molecule has 3 rings (SSSR count). The lowest BCUT2D eigenvalue weighted by molar-refractivity contribution is 0.0954. The van der Waals surface area contributed by atoms with E-state index >= 15 is 0 Å². The van der Waals surface area contributed by atoms with Crippen molar-refractivity contribution in [3.8, 4) is 5.75 Å². The van der Waals surface area contributed by atoms with Gasteiger partial charge in [0.2, 0.25) is 0 Å². The number of amides is 1. The average molecular weight is 488 g/mol. The van der Waals surface area contributed by atoms with Gasteiger partial charge in [0.15, 0.2) is 0 Å². The number of nitrogens with zero attached hydrogens (tertiary/aromatic N) is 1. The number of benzene rings is 3. The van der Waals surface area contributed by atoms with Gasteiger partial charge in [0.25, 0.3) is 5.91 Å². The predicted molar refractivity (Wildman–Crippen MR) is 118 cm³/mol. The van der Waals surface area contributed by atoms with Crippen LogP contribution in [0.4, 0.5) is 0 Å². The van der Waals surface area contributed by atoms with E-state index in [1.54, 1.807) is 30.1 Å². The monoisotopic (exact) mass is 488 g/mol. The Morgan fingerprint density at radius 1 is 1.04 bits per heavy atom. The maximum absolute atomic E-state index is 12.0. The molecule has 0 saturated carbocycles. The Morgan fingerprint density at radius 3 is 2.30 bits per heavy atom. The first-order valence-corrected chi connectivity index (χ1v) is 10.1. The van der Waals surface area contributed by atoms with Crippen molar-refractivity contribution in [1.82, 2.24) is 5.43 Å². The van der Waals surface area contributed by atoms with Crippen LogP contribution in [0.3, 0.4) is 0 Å². The highest BCUT2D eigenvalue weighted by Gasteiger charge is 2.07. The standard InChI is InChI=1S/C21H17IN2O2S/c1-14-2-7-17(8-3-14)27-18-9-4-15(5-10-18)13-23-24-21(26)16-6-11-19(22)20(25)12-16/h2-13,25H,1H3,(H,24,26)/b23-13-. The zero-order chi connectivity index (χ0) is 19.2. The zero-order valence-electron chi connectivity index (χ0n) is 14.5. The van der Waals surface area contributed by atoms with Crippen molar-refractivity contribution in [2.24, 2.45) is 5.10 Å². The molecule has 136 valence electrons. The molecule has 0 radical (unpaired) electrons. The van der Waals surface area contributed by atoms with Crippen LogP contribution in [-0.4, -0.2) is 17.2 Å². The van der Waals surface area contributed by atoms with Crippen molar-refractivity contribution in [3.63, 3.8) is 0 Å². The van der Waals surface area contributed by atoms with Crippen molar-refractivity contribution in [1.29, 1.82) is 0 Å². The summed E-state index contributed by atoms with van der Waals surface area (Å²) in [7, 11) is 0. The summed E-state index contributed by atoms with van der Waals surface area (Å²) in [6, 6.07) is 21.1. The molecule has 0 aliphatic carbocycles. The van der Waals surface area contributed by atoms with Crippen LogP contribution in [0.2, 0.25) is 0 Å². The molecule has 0 heterocycles. The number of aromatic hydroxyl groups is 1. The Bertz CT molecular complexity index is 970. The fourth-order valence-electron chi connectivity index (χ4n) is 2.25. The van der Waals surface area contributed by atoms with Crippen molar-refractivity contribution in [2.45, 2.75) is 16.7 Å². The van der Waals surface area contributed by atoms with E-state index in [1.807, 2.05) is 46.9 Å². The third-order valence-corrected chi connectivity index (χ3v) is 5.65. The number of carbonyl (C=O) groups is 1. The summed E-state index contributed by atoms with van der Waals surface area (Å²) in [5.41, 5.74) is 4.95. The van der Waals surface area contributed by atoms with Gasteiger partial charge < -0.3 is 5.11 Å². The van der Waals surface area contributed by atoms with Crippen LogP contribution in [0, 0.1) is 10.5 Å². The molecule has 0 saturated heterocycles. The Balaban J connectivity index is 1.58. The molecule has 0 spiro atoms. The Labute approximate surface area is 175 Å². The highest BCUT2D eigenvalue weighted by molar-refractivity contribution is 14.1. The number of aryl methyl sites for hydroxylation is 1. The van der Waals surface area contributed by atoms with Gasteiger partial charge in [-0.25, -0.2) is 5.43 Å². The van der Waals surface area contributed by atoms with Crippen molar-refractivity contribution >= 4 is 46.5 Å². The van der Waals surface area contributed by atoms with E-state index in [9.17, 15) is 9.90 Å². The van der Waals surface area contributed by atoms with Gasteiger partial charge in [0.05, 0.1) is 9.78 Å². The lowest BCUT2D eigenvalue weighted by Crippen LogP contribution is -2.17. The first kappa shape index (κ1) is 19.4. The molecule has 0 bridgehead atoms. The van der Waals surface area contributed by atoms with E-state index in [0.717, 1.165) is 10.5 Å². The van der Waals surface area contributed by atoms with Crippen LogP contribution in [0.25, 0.3) is 0 Å². The molecule has 4 nitrogen and oxygen atoms in total. The van der Waals surface area contributed by atoms with E-state index < -0.39 is 0 Å². The molecule has 0 aliphatic rings. The Morgan fingerprint density at radius 2 is 1.67 bits per heavy atom. The Hall–Kier alpha value is -2.32. The summed E-state index contributed by atoms with van der Waals surface area (Å²) >= 11 is 3.69. The third kappa shape index (κ3) is 5.58. The number of phenols is 1. The minimum atomic E-state index is -0.371. The van der Waals surface area contributed by atoms with Crippen LogP contribution in [0.5, 0.6) is 5.75 Å². The predicted octanol–water partition coefficient (Wildman–Crippen LogP) is 5.22. The van der Waals surface area contributed by atoms with E-state index in [-0.39, 0.29) is 11.7 Å². The second kappa shape index (κ2) is 9.05. The van der Waals surface area contributed by atoms with Crippen molar-refractivity contribution in [2.75, 3.05) is 0 Å². The van der Waals surface area contributed by atoms with Gasteiger partial charge >= 0.3 is 0 Å². The van der Waals surface area contributed by atoms with Gasteiger partial charge in [-0.1, -0.05) is 41.6 Å². The van der Waals surface area contributed by atoms with E-state index in [2.05, 4.69) is 41.7 Å². The van der Waals surface area contributed by atoms with Gasteiger partial charge in [-0.2, -0.15) is 5.10 Å². The summed E-state index contributed by atoms with van der Waals surface area (Å²) in [4.78, 5) is 14.4. The number of carbonyl (C=O) groups excluding carboxylic acids is 1. The number of halogens is 1. The molecule has 6 heteroatoms. The molecule has 27 heavy (non-hydrogen) atoms. The van der Waals surface area contributed by atoms with Gasteiger partial charge in [0, 0.05) is 15.4 Å². The molecule has 3 aromatic rings. The van der Waals surface area contributed by atoms with E-state index in [4.69, 9.17) is 0 Å². The van der Waals surface area contributed by atoms with Crippen LogP contribution in [0.1, 0.15) is 21.5 Å². The first-order chi connectivity index (χ1) is 13.0. The number of nitrogens with one attached hydrogen (secondary N) is 1. The van der Waals surface area contributed by atoms with Gasteiger partial charge in [-0.15, -0.1) is 0 Å². The molecule has 0 aliphatic heterocycles. The number of hydrazone groups is 1. The molecule has 2 N–H and O–H groups in total. The number of rotatable bonds is 5. The molecular formula is C21H17IN2O2S. The number of hydrogen-bond donors (Lipinski definition) is 2. The summed E-state index contributed by atoms with van der Waals surface area (Å²) < 4.78 is 0.691. The topological polar surface area (TPSA) is 61.7 Å². The van der Waals surface area contributed by atoms with Crippen molar-refractivity contribution < 1.29 is 9.90 Å².